The van der Waals surface area contributed by atoms with E-state index in [2.05, 4.69) is 56.9 Å². The van der Waals surface area contributed by atoms with Gasteiger partial charge in [-0.15, -0.1) is 12.4 Å². The maximum Gasteiger partial charge on any atom is 0.0366 e. The van der Waals surface area contributed by atoms with Gasteiger partial charge in [0.1, 0.15) is 0 Å². The Balaban J connectivity index is 0.00000289. The van der Waals surface area contributed by atoms with E-state index < -0.39 is 0 Å². The highest BCUT2D eigenvalue weighted by Crippen LogP contribution is 2.24. The average Bonchev–Trinajstić information content (AvgIpc) is 2.39. The molecule has 2 nitrogen and oxygen atoms in total. The predicted molar refractivity (Wildman–Crippen MR) is 83.6 cm³/mol. The maximum absolute atomic E-state index is 6.23. The van der Waals surface area contributed by atoms with E-state index in [1.54, 1.807) is 0 Å². The predicted octanol–water partition coefficient (Wildman–Crippen LogP) is 4.00. The van der Waals surface area contributed by atoms with Crippen molar-refractivity contribution in [1.82, 2.24) is 0 Å². The second-order valence-electron chi connectivity index (χ2n) is 4.68. The Morgan fingerprint density at radius 2 is 1.56 bits per heavy atom. The Kier molecular flexibility index (Phi) is 8.05. The lowest BCUT2D eigenvalue weighted by Crippen LogP contribution is -2.22. The molecule has 0 spiro atoms. The Labute approximate surface area is 118 Å². The molecule has 1 unspecified atom stereocenters. The molecule has 0 saturated carbocycles. The highest BCUT2D eigenvalue weighted by Gasteiger charge is 2.13. The first-order valence-corrected chi connectivity index (χ1v) is 6.74. The molecule has 0 saturated heterocycles. The number of anilines is 1. The van der Waals surface area contributed by atoms with Crippen LogP contribution in [0.15, 0.2) is 24.3 Å². The molecule has 2 atom stereocenters. The fourth-order valence-electron chi connectivity index (χ4n) is 2.08. The molecule has 104 valence electrons. The molecule has 18 heavy (non-hydrogen) atoms. The monoisotopic (exact) mass is 270 g/mol. The van der Waals surface area contributed by atoms with Crippen molar-refractivity contribution in [1.29, 1.82) is 0 Å². The minimum Gasteiger partial charge on any atom is -0.372 e. The van der Waals surface area contributed by atoms with Gasteiger partial charge in [0, 0.05) is 24.8 Å². The molecule has 0 aliphatic carbocycles. The number of halogens is 1. The van der Waals surface area contributed by atoms with Gasteiger partial charge in [0.05, 0.1) is 0 Å². The number of nitrogens with two attached hydrogens (primary N) is 1. The van der Waals surface area contributed by atoms with Crippen LogP contribution in [0.4, 0.5) is 5.69 Å². The molecule has 3 heteroatoms. The summed E-state index contributed by atoms with van der Waals surface area (Å²) >= 11 is 0. The van der Waals surface area contributed by atoms with E-state index in [-0.39, 0.29) is 18.4 Å². The number of hydrogen-bond donors (Lipinski definition) is 1. The molecule has 1 aromatic rings. The normalized spacial score (nSPS) is 13.6. The Morgan fingerprint density at radius 3 is 1.94 bits per heavy atom. The number of nitrogens with zero attached hydrogens (tertiary/aromatic N) is 1. The molecule has 2 N–H and O–H groups in total. The molecule has 0 aliphatic rings. The third kappa shape index (κ3) is 4.18. The van der Waals surface area contributed by atoms with Crippen molar-refractivity contribution in [3.8, 4) is 0 Å². The summed E-state index contributed by atoms with van der Waals surface area (Å²) in [5.41, 5.74) is 8.76. The Bertz CT molecular complexity index is 320. The SMILES string of the molecule is CCC(C)[C@@H](N)c1ccc(N(CC)CC)cc1.Cl. The summed E-state index contributed by atoms with van der Waals surface area (Å²) in [5, 5.41) is 0. The Hall–Kier alpha value is -0.730. The summed E-state index contributed by atoms with van der Waals surface area (Å²) < 4.78 is 0. The smallest absolute Gasteiger partial charge is 0.0366 e. The summed E-state index contributed by atoms with van der Waals surface area (Å²) in [6, 6.07) is 8.87. The minimum atomic E-state index is 0. The molecule has 0 fully saturated rings. The fourth-order valence-corrected chi connectivity index (χ4v) is 2.08. The summed E-state index contributed by atoms with van der Waals surface area (Å²) in [4.78, 5) is 2.35. The highest BCUT2D eigenvalue weighted by atomic mass is 35.5. The van der Waals surface area contributed by atoms with E-state index in [4.69, 9.17) is 5.73 Å². The van der Waals surface area contributed by atoms with Gasteiger partial charge in [0.2, 0.25) is 0 Å². The zero-order chi connectivity index (χ0) is 12.8. The van der Waals surface area contributed by atoms with Crippen molar-refractivity contribution in [2.45, 2.75) is 40.2 Å². The molecule has 1 aromatic carbocycles. The molecule has 0 aliphatic heterocycles. The van der Waals surface area contributed by atoms with Crippen LogP contribution >= 0.6 is 12.4 Å². The van der Waals surface area contributed by atoms with Crippen LogP contribution in [0.25, 0.3) is 0 Å². The summed E-state index contributed by atoms with van der Waals surface area (Å²) in [7, 11) is 0. The number of benzene rings is 1. The summed E-state index contributed by atoms with van der Waals surface area (Å²) in [5.74, 6) is 0.536. The molecule has 0 aromatic heterocycles. The van der Waals surface area contributed by atoms with Gasteiger partial charge in [-0.1, -0.05) is 32.4 Å². The standard InChI is InChI=1S/C15H26N2.ClH/c1-5-12(4)15(16)13-8-10-14(11-9-13)17(6-2)7-3;/h8-12,15H,5-7,16H2,1-4H3;1H/t12?,15-;/m1./s1. The van der Waals surface area contributed by atoms with E-state index in [9.17, 15) is 0 Å². The van der Waals surface area contributed by atoms with Gasteiger partial charge in [-0.25, -0.2) is 0 Å². The Morgan fingerprint density at radius 1 is 1.06 bits per heavy atom. The van der Waals surface area contributed by atoms with Crippen molar-refractivity contribution in [2.24, 2.45) is 11.7 Å². The third-order valence-corrected chi connectivity index (χ3v) is 3.66. The van der Waals surface area contributed by atoms with Crippen molar-refractivity contribution in [3.05, 3.63) is 29.8 Å². The zero-order valence-electron chi connectivity index (χ0n) is 12.0. The maximum atomic E-state index is 6.23. The lowest BCUT2D eigenvalue weighted by Gasteiger charge is -2.23. The second-order valence-corrected chi connectivity index (χ2v) is 4.68. The molecule has 1 rings (SSSR count). The van der Waals surface area contributed by atoms with E-state index in [0.717, 1.165) is 19.5 Å². The van der Waals surface area contributed by atoms with E-state index in [1.807, 2.05) is 0 Å². The lowest BCUT2D eigenvalue weighted by atomic mass is 9.93. The van der Waals surface area contributed by atoms with Crippen molar-refractivity contribution >= 4 is 18.1 Å². The molecular formula is C15H27ClN2. The second kappa shape index (κ2) is 8.39. The third-order valence-electron chi connectivity index (χ3n) is 3.66. The topological polar surface area (TPSA) is 29.3 Å². The highest BCUT2D eigenvalue weighted by molar-refractivity contribution is 5.85. The molecular weight excluding hydrogens is 244 g/mol. The van der Waals surface area contributed by atoms with E-state index in [1.165, 1.54) is 11.3 Å². The summed E-state index contributed by atoms with van der Waals surface area (Å²) in [6.45, 7) is 10.9. The molecule has 0 bridgehead atoms. The van der Waals surface area contributed by atoms with Crippen LogP contribution in [0, 0.1) is 5.92 Å². The quantitative estimate of drug-likeness (QED) is 0.847. The molecule has 0 heterocycles. The van der Waals surface area contributed by atoms with Crippen molar-refractivity contribution in [2.75, 3.05) is 18.0 Å². The number of rotatable bonds is 6. The van der Waals surface area contributed by atoms with Crippen LogP contribution in [-0.4, -0.2) is 13.1 Å². The van der Waals surface area contributed by atoms with Gasteiger partial charge in [-0.2, -0.15) is 0 Å². The van der Waals surface area contributed by atoms with Gasteiger partial charge in [0.15, 0.2) is 0 Å². The van der Waals surface area contributed by atoms with Crippen LogP contribution in [0.3, 0.4) is 0 Å². The van der Waals surface area contributed by atoms with Crippen molar-refractivity contribution < 1.29 is 0 Å². The first-order chi connectivity index (χ1) is 8.13. The van der Waals surface area contributed by atoms with E-state index >= 15 is 0 Å². The van der Waals surface area contributed by atoms with Gasteiger partial charge in [-0.05, 0) is 37.5 Å². The first kappa shape index (κ1) is 17.3. The van der Waals surface area contributed by atoms with E-state index in [0.29, 0.717) is 5.92 Å². The minimum absolute atomic E-state index is 0. The number of hydrogen-bond acceptors (Lipinski definition) is 2. The van der Waals surface area contributed by atoms with Crippen LogP contribution in [0.1, 0.15) is 45.7 Å². The molecule has 0 amide bonds. The van der Waals surface area contributed by atoms with Crippen LogP contribution in [0.5, 0.6) is 0 Å². The molecule has 0 radical (unpaired) electrons. The average molecular weight is 271 g/mol. The van der Waals surface area contributed by atoms with Gasteiger partial charge < -0.3 is 10.6 Å². The van der Waals surface area contributed by atoms with Gasteiger partial charge in [0.25, 0.3) is 0 Å². The largest absolute Gasteiger partial charge is 0.372 e. The van der Waals surface area contributed by atoms with Gasteiger partial charge in [-0.3, -0.25) is 0 Å². The fraction of sp³-hybridized carbons (Fsp3) is 0.600. The van der Waals surface area contributed by atoms with Crippen molar-refractivity contribution in [3.63, 3.8) is 0 Å². The summed E-state index contributed by atoms with van der Waals surface area (Å²) in [6.07, 6.45) is 1.12. The van der Waals surface area contributed by atoms with Crippen LogP contribution in [-0.2, 0) is 0 Å². The first-order valence-electron chi connectivity index (χ1n) is 6.74. The van der Waals surface area contributed by atoms with Crippen LogP contribution < -0.4 is 10.6 Å². The van der Waals surface area contributed by atoms with Gasteiger partial charge >= 0.3 is 0 Å². The lowest BCUT2D eigenvalue weighted by molar-refractivity contribution is 0.457. The zero-order valence-corrected chi connectivity index (χ0v) is 12.8. The van der Waals surface area contributed by atoms with Crippen LogP contribution in [0.2, 0.25) is 0 Å².